The molecule has 1 rings (SSSR count). The molecule has 0 bridgehead atoms. The van der Waals surface area contributed by atoms with Gasteiger partial charge in [-0.15, -0.1) is 0 Å². The Bertz CT molecular complexity index is 297. The fourth-order valence-electron chi connectivity index (χ4n) is 1.70. The minimum atomic E-state index is 0.423. The van der Waals surface area contributed by atoms with Gasteiger partial charge in [-0.25, -0.2) is 0 Å². The zero-order valence-corrected chi connectivity index (χ0v) is 12.6. The lowest BCUT2D eigenvalue weighted by Gasteiger charge is -2.19. The SMILES string of the molecule is CC(C)COCCC(C)C(Br)c1ccccc1. The zero-order chi connectivity index (χ0) is 12.7. The van der Waals surface area contributed by atoms with E-state index in [0.717, 1.165) is 19.6 Å². The summed E-state index contributed by atoms with van der Waals surface area (Å²) in [5, 5.41) is 0. The molecule has 0 N–H and O–H groups in total. The second-order valence-electron chi connectivity index (χ2n) is 5.05. The maximum atomic E-state index is 5.63. The Morgan fingerprint density at radius 2 is 1.76 bits per heavy atom. The summed E-state index contributed by atoms with van der Waals surface area (Å²) in [6.45, 7) is 8.35. The highest BCUT2D eigenvalue weighted by Gasteiger charge is 2.15. The van der Waals surface area contributed by atoms with Crippen LogP contribution in [0, 0.1) is 11.8 Å². The smallest absolute Gasteiger partial charge is 0.0488 e. The van der Waals surface area contributed by atoms with Crippen molar-refractivity contribution >= 4 is 15.9 Å². The second-order valence-corrected chi connectivity index (χ2v) is 6.03. The number of hydrogen-bond donors (Lipinski definition) is 0. The maximum Gasteiger partial charge on any atom is 0.0488 e. The Morgan fingerprint density at radius 3 is 2.35 bits per heavy atom. The summed E-state index contributed by atoms with van der Waals surface area (Å²) in [4.78, 5) is 0.423. The molecule has 0 spiro atoms. The molecule has 17 heavy (non-hydrogen) atoms. The van der Waals surface area contributed by atoms with Crippen molar-refractivity contribution in [3.8, 4) is 0 Å². The molecule has 0 fully saturated rings. The third-order valence-corrected chi connectivity index (χ3v) is 4.22. The number of alkyl halides is 1. The average molecular weight is 299 g/mol. The molecular formula is C15H23BrO. The molecule has 0 saturated heterocycles. The molecule has 0 saturated carbocycles. The van der Waals surface area contributed by atoms with Crippen molar-refractivity contribution in [1.29, 1.82) is 0 Å². The Labute approximate surface area is 114 Å². The Hall–Kier alpha value is -0.340. The zero-order valence-electron chi connectivity index (χ0n) is 11.0. The van der Waals surface area contributed by atoms with Gasteiger partial charge in [-0.05, 0) is 23.8 Å². The van der Waals surface area contributed by atoms with E-state index in [0.29, 0.717) is 16.7 Å². The topological polar surface area (TPSA) is 9.23 Å². The van der Waals surface area contributed by atoms with Crippen molar-refractivity contribution in [2.45, 2.75) is 32.0 Å². The number of hydrogen-bond acceptors (Lipinski definition) is 1. The summed E-state index contributed by atoms with van der Waals surface area (Å²) in [5.74, 6) is 1.21. The summed E-state index contributed by atoms with van der Waals surface area (Å²) < 4.78 is 5.63. The van der Waals surface area contributed by atoms with Gasteiger partial charge in [0.1, 0.15) is 0 Å². The van der Waals surface area contributed by atoms with Crippen molar-refractivity contribution in [3.63, 3.8) is 0 Å². The predicted octanol–water partition coefficient (Wildman–Crippen LogP) is 4.82. The van der Waals surface area contributed by atoms with E-state index in [9.17, 15) is 0 Å². The molecule has 2 atom stereocenters. The minimum absolute atomic E-state index is 0.423. The quantitative estimate of drug-likeness (QED) is 0.518. The second kappa shape index (κ2) is 7.88. The van der Waals surface area contributed by atoms with Gasteiger partial charge in [0, 0.05) is 18.0 Å². The first-order chi connectivity index (χ1) is 8.11. The molecule has 0 radical (unpaired) electrons. The van der Waals surface area contributed by atoms with Gasteiger partial charge in [0.2, 0.25) is 0 Å². The number of halogens is 1. The van der Waals surface area contributed by atoms with Crippen LogP contribution in [0.4, 0.5) is 0 Å². The minimum Gasteiger partial charge on any atom is -0.381 e. The molecular weight excluding hydrogens is 276 g/mol. The van der Waals surface area contributed by atoms with Crippen LogP contribution in [0.5, 0.6) is 0 Å². The van der Waals surface area contributed by atoms with E-state index >= 15 is 0 Å². The molecule has 0 heterocycles. The van der Waals surface area contributed by atoms with Crippen LogP contribution in [0.3, 0.4) is 0 Å². The van der Waals surface area contributed by atoms with Crippen molar-refractivity contribution in [2.75, 3.05) is 13.2 Å². The fourth-order valence-corrected chi connectivity index (χ4v) is 2.27. The molecule has 0 aliphatic carbocycles. The van der Waals surface area contributed by atoms with Gasteiger partial charge in [0.25, 0.3) is 0 Å². The van der Waals surface area contributed by atoms with E-state index in [4.69, 9.17) is 4.74 Å². The van der Waals surface area contributed by atoms with Crippen molar-refractivity contribution < 1.29 is 4.74 Å². The van der Waals surface area contributed by atoms with Gasteiger partial charge in [0.05, 0.1) is 0 Å². The van der Waals surface area contributed by atoms with Crippen LogP contribution < -0.4 is 0 Å². The van der Waals surface area contributed by atoms with Crippen LogP contribution in [0.1, 0.15) is 37.6 Å². The highest BCUT2D eigenvalue weighted by atomic mass is 79.9. The van der Waals surface area contributed by atoms with E-state index in [1.54, 1.807) is 0 Å². The lowest BCUT2D eigenvalue weighted by Crippen LogP contribution is -2.09. The molecule has 1 aromatic rings. The van der Waals surface area contributed by atoms with Crippen LogP contribution in [0.2, 0.25) is 0 Å². The molecule has 0 aliphatic rings. The monoisotopic (exact) mass is 298 g/mol. The van der Waals surface area contributed by atoms with Crippen molar-refractivity contribution in [3.05, 3.63) is 35.9 Å². The largest absolute Gasteiger partial charge is 0.381 e. The molecule has 0 aromatic heterocycles. The molecule has 2 unspecified atom stereocenters. The van der Waals surface area contributed by atoms with E-state index < -0.39 is 0 Å². The third-order valence-electron chi connectivity index (χ3n) is 2.79. The Balaban J connectivity index is 2.30. The highest BCUT2D eigenvalue weighted by Crippen LogP contribution is 2.32. The van der Waals surface area contributed by atoms with Crippen LogP contribution in [-0.4, -0.2) is 13.2 Å². The Morgan fingerprint density at radius 1 is 1.12 bits per heavy atom. The number of rotatable bonds is 7. The maximum absolute atomic E-state index is 5.63. The normalized spacial score (nSPS) is 14.9. The molecule has 0 amide bonds. The van der Waals surface area contributed by atoms with Gasteiger partial charge < -0.3 is 4.74 Å². The lowest BCUT2D eigenvalue weighted by molar-refractivity contribution is 0.0993. The number of benzene rings is 1. The van der Waals surface area contributed by atoms with Gasteiger partial charge >= 0.3 is 0 Å². The Kier molecular flexibility index (Phi) is 6.83. The standard InChI is InChI=1S/C15H23BrO/c1-12(2)11-17-10-9-13(3)15(16)14-7-5-4-6-8-14/h4-8,12-13,15H,9-11H2,1-3H3. The summed E-state index contributed by atoms with van der Waals surface area (Å²) in [7, 11) is 0. The molecule has 0 aliphatic heterocycles. The van der Waals surface area contributed by atoms with Gasteiger partial charge in [-0.3, -0.25) is 0 Å². The van der Waals surface area contributed by atoms with Gasteiger partial charge in [-0.1, -0.05) is 67.0 Å². The average Bonchev–Trinajstić information content (AvgIpc) is 2.34. The summed E-state index contributed by atoms with van der Waals surface area (Å²) >= 11 is 3.78. The number of ether oxygens (including phenoxy) is 1. The van der Waals surface area contributed by atoms with E-state index in [1.807, 2.05) is 0 Å². The first-order valence-electron chi connectivity index (χ1n) is 6.38. The van der Waals surface area contributed by atoms with Gasteiger partial charge in [-0.2, -0.15) is 0 Å². The first-order valence-corrected chi connectivity index (χ1v) is 7.29. The van der Waals surface area contributed by atoms with Crippen LogP contribution in [-0.2, 0) is 4.74 Å². The van der Waals surface area contributed by atoms with Crippen LogP contribution in [0.15, 0.2) is 30.3 Å². The first kappa shape index (κ1) is 14.7. The summed E-state index contributed by atoms with van der Waals surface area (Å²) in [6.07, 6.45) is 1.09. The van der Waals surface area contributed by atoms with Crippen LogP contribution >= 0.6 is 15.9 Å². The van der Waals surface area contributed by atoms with Crippen molar-refractivity contribution in [2.24, 2.45) is 11.8 Å². The predicted molar refractivity (Wildman–Crippen MR) is 77.5 cm³/mol. The van der Waals surface area contributed by atoms with E-state index in [-0.39, 0.29) is 0 Å². The van der Waals surface area contributed by atoms with E-state index in [2.05, 4.69) is 67.0 Å². The summed E-state index contributed by atoms with van der Waals surface area (Å²) in [6, 6.07) is 10.6. The molecule has 1 aromatic carbocycles. The van der Waals surface area contributed by atoms with Gasteiger partial charge in [0.15, 0.2) is 0 Å². The molecule has 2 heteroatoms. The van der Waals surface area contributed by atoms with E-state index in [1.165, 1.54) is 5.56 Å². The van der Waals surface area contributed by atoms with Crippen LogP contribution in [0.25, 0.3) is 0 Å². The highest BCUT2D eigenvalue weighted by molar-refractivity contribution is 9.09. The molecule has 1 nitrogen and oxygen atoms in total. The third kappa shape index (κ3) is 5.69. The fraction of sp³-hybridized carbons (Fsp3) is 0.600. The van der Waals surface area contributed by atoms with Crippen molar-refractivity contribution in [1.82, 2.24) is 0 Å². The lowest BCUT2D eigenvalue weighted by atomic mass is 9.98. The summed E-state index contributed by atoms with van der Waals surface area (Å²) in [5.41, 5.74) is 1.35. The molecule has 96 valence electrons.